The number of hydrogen-bond acceptors (Lipinski definition) is 5. The van der Waals surface area contributed by atoms with E-state index in [1.807, 2.05) is 0 Å². The van der Waals surface area contributed by atoms with Crippen LogP contribution in [0.4, 0.5) is 0 Å². The molecule has 9 heteroatoms. The molecule has 3 aromatic heterocycles. The van der Waals surface area contributed by atoms with Crippen LogP contribution in [-0.4, -0.2) is 30.2 Å². The van der Waals surface area contributed by atoms with E-state index in [0.29, 0.717) is 10.3 Å². The summed E-state index contributed by atoms with van der Waals surface area (Å²) in [7, 11) is 0. The maximum atomic E-state index is 12.0. The molecule has 0 atom stereocenters. The van der Waals surface area contributed by atoms with Gasteiger partial charge in [-0.05, 0) is 6.07 Å². The summed E-state index contributed by atoms with van der Waals surface area (Å²) in [6.45, 7) is -0.586. The third-order valence-electron chi connectivity index (χ3n) is 2.49. The Bertz CT molecular complexity index is 883. The van der Waals surface area contributed by atoms with Crippen molar-refractivity contribution in [2.75, 3.05) is 0 Å². The van der Waals surface area contributed by atoms with Gasteiger partial charge in [0.15, 0.2) is 5.65 Å². The van der Waals surface area contributed by atoms with Gasteiger partial charge in [0.05, 0.1) is 10.2 Å². The topological polar surface area (TPSA) is 109 Å². The van der Waals surface area contributed by atoms with Crippen molar-refractivity contribution in [3.05, 3.63) is 32.4 Å². The van der Waals surface area contributed by atoms with Crippen LogP contribution in [-0.2, 0) is 11.3 Å². The van der Waals surface area contributed by atoms with Crippen molar-refractivity contribution in [2.45, 2.75) is 6.54 Å². The number of carbonyl (C=O) groups is 1. The molecule has 0 amide bonds. The summed E-state index contributed by atoms with van der Waals surface area (Å²) < 4.78 is 2.61. The molecule has 0 spiro atoms. The number of aromatic nitrogens is 4. The quantitative estimate of drug-likeness (QED) is 0.648. The highest BCUT2D eigenvalue weighted by molar-refractivity contribution is 7.16. The minimum absolute atomic E-state index is 0.120. The van der Waals surface area contributed by atoms with E-state index < -0.39 is 23.8 Å². The molecule has 2 N–H and O–H groups in total. The second-order valence-corrected chi connectivity index (χ2v) is 4.49. The van der Waals surface area contributed by atoms with Crippen LogP contribution in [0.5, 0.6) is 0 Å². The maximum Gasteiger partial charge on any atom is 0.346 e. The van der Waals surface area contributed by atoms with Gasteiger partial charge in [-0.3, -0.25) is 9.59 Å². The van der Waals surface area contributed by atoms with Crippen LogP contribution < -0.4 is 11.2 Å². The molecule has 8 nitrogen and oxygen atoms in total. The Balaban J connectivity index is 2.45. The molecule has 0 unspecified atom stereocenters. The van der Waals surface area contributed by atoms with Crippen LogP contribution in [0.2, 0.25) is 0 Å². The molecule has 0 saturated carbocycles. The van der Waals surface area contributed by atoms with Gasteiger partial charge in [0.25, 0.3) is 5.56 Å². The lowest BCUT2D eigenvalue weighted by molar-refractivity contribution is -0.138. The van der Waals surface area contributed by atoms with Gasteiger partial charge in [0, 0.05) is 0 Å². The molecule has 0 bridgehead atoms. The third-order valence-corrected chi connectivity index (χ3v) is 3.25. The van der Waals surface area contributed by atoms with E-state index in [1.54, 1.807) is 5.51 Å². The first kappa shape index (κ1) is 10.7. The van der Waals surface area contributed by atoms with E-state index in [-0.39, 0.29) is 5.52 Å². The highest BCUT2D eigenvalue weighted by atomic mass is 32.1. The van der Waals surface area contributed by atoms with E-state index in [9.17, 15) is 14.4 Å². The van der Waals surface area contributed by atoms with Crippen molar-refractivity contribution in [3.63, 3.8) is 0 Å². The van der Waals surface area contributed by atoms with Crippen molar-refractivity contribution in [3.8, 4) is 0 Å². The Hall–Kier alpha value is -2.42. The standard InChI is InChI=1S/C9H6N4O4S/c14-6(15)2-12-8(16)4-1-5-7(10-3-18-5)13(4)9(17)11-12/h1,3H,2H2,(H,11,17)(H,14,15). The minimum atomic E-state index is -1.21. The smallest absolute Gasteiger partial charge is 0.346 e. The lowest BCUT2D eigenvalue weighted by atomic mass is 10.5. The number of carboxylic acid groups (broad SMARTS) is 1. The van der Waals surface area contributed by atoms with E-state index in [4.69, 9.17) is 5.11 Å². The van der Waals surface area contributed by atoms with E-state index in [1.165, 1.54) is 17.4 Å². The maximum absolute atomic E-state index is 12.0. The summed E-state index contributed by atoms with van der Waals surface area (Å²) in [5.41, 5.74) is 0.929. The predicted molar refractivity (Wildman–Crippen MR) is 63.1 cm³/mol. The van der Waals surface area contributed by atoms with Crippen LogP contribution >= 0.6 is 11.3 Å². The number of nitrogens with one attached hydrogen (secondary N) is 1. The van der Waals surface area contributed by atoms with Crippen molar-refractivity contribution in [1.82, 2.24) is 19.2 Å². The van der Waals surface area contributed by atoms with E-state index in [2.05, 4.69) is 10.1 Å². The summed E-state index contributed by atoms with van der Waals surface area (Å²) >= 11 is 1.30. The number of thiazole rings is 1. The number of nitrogens with zero attached hydrogens (tertiary/aromatic N) is 3. The van der Waals surface area contributed by atoms with Gasteiger partial charge in [-0.2, -0.15) is 0 Å². The largest absolute Gasteiger partial charge is 0.480 e. The van der Waals surface area contributed by atoms with Crippen molar-refractivity contribution >= 4 is 33.2 Å². The predicted octanol–water partition coefficient (Wildman–Crippen LogP) is -0.516. The van der Waals surface area contributed by atoms with Crippen molar-refractivity contribution in [1.29, 1.82) is 0 Å². The van der Waals surface area contributed by atoms with Crippen LogP contribution in [0.25, 0.3) is 15.9 Å². The second-order valence-electron chi connectivity index (χ2n) is 3.61. The van der Waals surface area contributed by atoms with Crippen LogP contribution in [0, 0.1) is 0 Å². The summed E-state index contributed by atoms with van der Waals surface area (Å²) in [6, 6.07) is 1.53. The van der Waals surface area contributed by atoms with E-state index in [0.717, 1.165) is 9.08 Å². The molecule has 0 radical (unpaired) electrons. The Morgan fingerprint density at radius 3 is 3.00 bits per heavy atom. The van der Waals surface area contributed by atoms with Gasteiger partial charge in [-0.25, -0.2) is 24.0 Å². The van der Waals surface area contributed by atoms with E-state index >= 15 is 0 Å². The van der Waals surface area contributed by atoms with Gasteiger partial charge < -0.3 is 5.11 Å². The average molecular weight is 266 g/mol. The zero-order valence-electron chi connectivity index (χ0n) is 8.78. The first-order chi connectivity index (χ1) is 8.58. The fraction of sp³-hybridized carbons (Fsp3) is 0.111. The van der Waals surface area contributed by atoms with Gasteiger partial charge >= 0.3 is 11.7 Å². The summed E-state index contributed by atoms with van der Waals surface area (Å²) in [5.74, 6) is -1.21. The molecule has 0 aliphatic rings. The summed E-state index contributed by atoms with van der Waals surface area (Å²) in [5, 5.41) is 10.9. The molecule has 3 aromatic rings. The molecule has 92 valence electrons. The zero-order chi connectivity index (χ0) is 12.9. The number of hydrogen-bond donors (Lipinski definition) is 2. The SMILES string of the molecule is O=C(O)Cn1[nH]c(=O)n2c(cc3scnc32)c1=O. The number of carboxylic acids is 1. The number of aromatic amines is 1. The second kappa shape index (κ2) is 3.53. The lowest BCUT2D eigenvalue weighted by Gasteiger charge is -2.02. The molecule has 0 aromatic carbocycles. The first-order valence-electron chi connectivity index (χ1n) is 4.87. The van der Waals surface area contributed by atoms with Crippen LogP contribution in [0.1, 0.15) is 0 Å². The normalized spacial score (nSPS) is 11.3. The van der Waals surface area contributed by atoms with Crippen LogP contribution in [0.3, 0.4) is 0 Å². The molecule has 0 aliphatic heterocycles. The molecule has 3 heterocycles. The highest BCUT2D eigenvalue weighted by Crippen LogP contribution is 2.19. The fourth-order valence-electron chi connectivity index (χ4n) is 1.78. The molecule has 0 fully saturated rings. The van der Waals surface area contributed by atoms with Crippen molar-refractivity contribution in [2.24, 2.45) is 0 Å². The van der Waals surface area contributed by atoms with Gasteiger partial charge in [-0.15, -0.1) is 11.3 Å². The average Bonchev–Trinajstić information content (AvgIpc) is 2.83. The van der Waals surface area contributed by atoms with Crippen molar-refractivity contribution < 1.29 is 9.90 Å². The van der Waals surface area contributed by atoms with Gasteiger partial charge in [0.1, 0.15) is 12.1 Å². The Kier molecular flexibility index (Phi) is 2.10. The Labute approximate surface area is 102 Å². The molecule has 3 rings (SSSR count). The van der Waals surface area contributed by atoms with Gasteiger partial charge in [-0.1, -0.05) is 0 Å². The molecular formula is C9H6N4O4S. The summed E-state index contributed by atoms with van der Waals surface area (Å²) in [6.07, 6.45) is 0. The van der Waals surface area contributed by atoms with Gasteiger partial charge in [0.2, 0.25) is 0 Å². The fourth-order valence-corrected chi connectivity index (χ4v) is 2.48. The minimum Gasteiger partial charge on any atom is -0.480 e. The Morgan fingerprint density at radius 2 is 2.28 bits per heavy atom. The zero-order valence-corrected chi connectivity index (χ0v) is 9.60. The number of aliphatic carboxylic acids is 1. The first-order valence-corrected chi connectivity index (χ1v) is 5.75. The lowest BCUT2D eigenvalue weighted by Crippen LogP contribution is -2.35. The summed E-state index contributed by atoms with van der Waals surface area (Å²) in [4.78, 5) is 38.4. The molecule has 18 heavy (non-hydrogen) atoms. The molecule has 0 aliphatic carbocycles. The Morgan fingerprint density at radius 1 is 1.50 bits per heavy atom. The highest BCUT2D eigenvalue weighted by Gasteiger charge is 2.14. The number of rotatable bonds is 2. The van der Waals surface area contributed by atoms with Crippen LogP contribution in [0.15, 0.2) is 21.2 Å². The number of fused-ring (bicyclic) bond motifs is 3. The third kappa shape index (κ3) is 1.37. The number of H-pyrrole nitrogens is 1. The molecular weight excluding hydrogens is 260 g/mol. The monoisotopic (exact) mass is 266 g/mol. The molecule has 0 saturated heterocycles.